The number of amides is 1. The standard InChI is InChI=1S/C18H18N2O3/c1-22-16-6-5-12-7-9-20(17(12)19-16)18(21)15-4-2-3-13-11-23-10-8-14(13)15/h2-6H,7-11H2,1H3. The summed E-state index contributed by atoms with van der Waals surface area (Å²) in [5.74, 6) is 1.27. The van der Waals surface area contributed by atoms with E-state index in [1.165, 1.54) is 0 Å². The number of carbonyl (C=O) groups is 1. The number of aromatic nitrogens is 1. The van der Waals surface area contributed by atoms with Gasteiger partial charge >= 0.3 is 0 Å². The molecule has 0 saturated carbocycles. The molecule has 3 heterocycles. The van der Waals surface area contributed by atoms with E-state index in [0.717, 1.165) is 40.9 Å². The van der Waals surface area contributed by atoms with Gasteiger partial charge in [-0.1, -0.05) is 12.1 Å². The van der Waals surface area contributed by atoms with Gasteiger partial charge in [0.05, 0.1) is 20.3 Å². The molecule has 5 heteroatoms. The van der Waals surface area contributed by atoms with Crippen molar-refractivity contribution < 1.29 is 14.3 Å². The Bertz CT molecular complexity index is 773. The first-order chi connectivity index (χ1) is 11.3. The summed E-state index contributed by atoms with van der Waals surface area (Å²) in [6, 6.07) is 9.70. The van der Waals surface area contributed by atoms with Gasteiger partial charge in [0.1, 0.15) is 5.82 Å². The number of carbonyl (C=O) groups excluding carboxylic acids is 1. The van der Waals surface area contributed by atoms with Crippen molar-refractivity contribution in [2.75, 3.05) is 25.2 Å². The molecule has 0 unspecified atom stereocenters. The molecule has 118 valence electrons. The zero-order valence-electron chi connectivity index (χ0n) is 13.0. The van der Waals surface area contributed by atoms with E-state index in [-0.39, 0.29) is 5.91 Å². The fourth-order valence-electron chi connectivity index (χ4n) is 3.31. The highest BCUT2D eigenvalue weighted by molar-refractivity contribution is 6.07. The van der Waals surface area contributed by atoms with Crippen molar-refractivity contribution in [1.82, 2.24) is 4.98 Å². The van der Waals surface area contributed by atoms with Gasteiger partial charge in [-0.3, -0.25) is 9.69 Å². The molecule has 0 atom stereocenters. The Hall–Kier alpha value is -2.40. The van der Waals surface area contributed by atoms with Gasteiger partial charge < -0.3 is 9.47 Å². The topological polar surface area (TPSA) is 51.7 Å². The lowest BCUT2D eigenvalue weighted by Crippen LogP contribution is -2.31. The number of fused-ring (bicyclic) bond motifs is 2. The van der Waals surface area contributed by atoms with Crippen molar-refractivity contribution in [3.05, 3.63) is 52.6 Å². The number of nitrogens with zero attached hydrogens (tertiary/aromatic N) is 2. The molecule has 23 heavy (non-hydrogen) atoms. The third-order valence-electron chi connectivity index (χ3n) is 4.50. The van der Waals surface area contributed by atoms with Crippen LogP contribution < -0.4 is 9.64 Å². The largest absolute Gasteiger partial charge is 0.481 e. The minimum Gasteiger partial charge on any atom is -0.481 e. The fourth-order valence-corrected chi connectivity index (χ4v) is 3.31. The summed E-state index contributed by atoms with van der Waals surface area (Å²) in [6.07, 6.45) is 1.61. The first kappa shape index (κ1) is 14.2. The molecule has 1 aromatic carbocycles. The number of hydrogen-bond donors (Lipinski definition) is 0. The average Bonchev–Trinajstić information content (AvgIpc) is 3.03. The molecule has 0 saturated heterocycles. The van der Waals surface area contributed by atoms with Gasteiger partial charge in [0, 0.05) is 18.2 Å². The molecular formula is C18H18N2O3. The number of rotatable bonds is 2. The molecule has 0 N–H and O–H groups in total. The van der Waals surface area contributed by atoms with Gasteiger partial charge in [-0.15, -0.1) is 0 Å². The van der Waals surface area contributed by atoms with Crippen LogP contribution in [-0.4, -0.2) is 31.2 Å². The van der Waals surface area contributed by atoms with Crippen LogP contribution >= 0.6 is 0 Å². The molecule has 4 rings (SSSR count). The van der Waals surface area contributed by atoms with Crippen molar-refractivity contribution in [1.29, 1.82) is 0 Å². The number of benzene rings is 1. The van der Waals surface area contributed by atoms with Crippen LogP contribution in [0.2, 0.25) is 0 Å². The Kier molecular flexibility index (Phi) is 3.50. The van der Waals surface area contributed by atoms with Crippen LogP contribution in [0.5, 0.6) is 5.88 Å². The van der Waals surface area contributed by atoms with Crippen LogP contribution in [0.1, 0.15) is 27.0 Å². The van der Waals surface area contributed by atoms with E-state index in [9.17, 15) is 4.79 Å². The Balaban J connectivity index is 1.72. The van der Waals surface area contributed by atoms with Crippen molar-refractivity contribution in [3.63, 3.8) is 0 Å². The third kappa shape index (κ3) is 2.37. The second-order valence-electron chi connectivity index (χ2n) is 5.79. The van der Waals surface area contributed by atoms with Crippen LogP contribution in [0.4, 0.5) is 5.82 Å². The molecule has 1 aromatic heterocycles. The molecule has 2 aliphatic rings. The highest BCUT2D eigenvalue weighted by Crippen LogP contribution is 2.31. The predicted molar refractivity (Wildman–Crippen MR) is 86.0 cm³/mol. The number of ether oxygens (including phenoxy) is 2. The van der Waals surface area contributed by atoms with Crippen molar-refractivity contribution >= 4 is 11.7 Å². The quantitative estimate of drug-likeness (QED) is 0.854. The fraction of sp³-hybridized carbons (Fsp3) is 0.333. The molecule has 5 nitrogen and oxygen atoms in total. The van der Waals surface area contributed by atoms with Crippen LogP contribution in [0, 0.1) is 0 Å². The molecular weight excluding hydrogens is 292 g/mol. The SMILES string of the molecule is COc1ccc2c(n1)N(C(=O)c1cccc3c1CCOC3)CC2. The lowest BCUT2D eigenvalue weighted by Gasteiger charge is -2.22. The number of methoxy groups -OCH3 is 1. The van der Waals surface area contributed by atoms with Crippen molar-refractivity contribution in [3.8, 4) is 5.88 Å². The Morgan fingerprint density at radius 2 is 2.13 bits per heavy atom. The van der Waals surface area contributed by atoms with Gasteiger partial charge in [-0.25, -0.2) is 0 Å². The van der Waals surface area contributed by atoms with E-state index in [4.69, 9.17) is 9.47 Å². The first-order valence-corrected chi connectivity index (χ1v) is 7.82. The number of pyridine rings is 1. The third-order valence-corrected chi connectivity index (χ3v) is 4.50. The predicted octanol–water partition coefficient (Wildman–Crippen LogP) is 2.37. The second kappa shape index (κ2) is 5.66. The lowest BCUT2D eigenvalue weighted by atomic mass is 9.96. The molecule has 0 radical (unpaired) electrons. The molecule has 1 amide bonds. The monoisotopic (exact) mass is 310 g/mol. The molecule has 0 bridgehead atoms. The van der Waals surface area contributed by atoms with Crippen molar-refractivity contribution in [2.24, 2.45) is 0 Å². The molecule has 2 aromatic rings. The van der Waals surface area contributed by atoms with Crippen LogP contribution in [-0.2, 0) is 24.2 Å². The van der Waals surface area contributed by atoms with Gasteiger partial charge in [0.2, 0.25) is 5.88 Å². The normalized spacial score (nSPS) is 16.0. The zero-order valence-corrected chi connectivity index (χ0v) is 13.0. The van der Waals surface area contributed by atoms with Gasteiger partial charge in [-0.2, -0.15) is 4.98 Å². The van der Waals surface area contributed by atoms with E-state index in [0.29, 0.717) is 25.6 Å². The highest BCUT2D eigenvalue weighted by atomic mass is 16.5. The van der Waals surface area contributed by atoms with E-state index >= 15 is 0 Å². The molecule has 2 aliphatic heterocycles. The summed E-state index contributed by atoms with van der Waals surface area (Å²) < 4.78 is 10.7. The van der Waals surface area contributed by atoms with Gasteiger partial charge in [-0.05, 0) is 41.7 Å². The van der Waals surface area contributed by atoms with E-state index in [1.807, 2.05) is 30.3 Å². The maximum atomic E-state index is 13.1. The van der Waals surface area contributed by atoms with E-state index in [1.54, 1.807) is 12.0 Å². The smallest absolute Gasteiger partial charge is 0.259 e. The maximum Gasteiger partial charge on any atom is 0.259 e. The van der Waals surface area contributed by atoms with Crippen LogP contribution in [0.15, 0.2) is 30.3 Å². The van der Waals surface area contributed by atoms with Crippen LogP contribution in [0.25, 0.3) is 0 Å². The van der Waals surface area contributed by atoms with E-state index < -0.39 is 0 Å². The number of hydrogen-bond acceptors (Lipinski definition) is 4. The minimum absolute atomic E-state index is 0.0169. The summed E-state index contributed by atoms with van der Waals surface area (Å²) in [5.41, 5.74) is 4.08. The van der Waals surface area contributed by atoms with Gasteiger partial charge in [0.25, 0.3) is 5.91 Å². The van der Waals surface area contributed by atoms with Gasteiger partial charge in [0.15, 0.2) is 0 Å². The van der Waals surface area contributed by atoms with Crippen LogP contribution in [0.3, 0.4) is 0 Å². The average molecular weight is 310 g/mol. The molecule has 0 aliphatic carbocycles. The zero-order chi connectivity index (χ0) is 15.8. The summed E-state index contributed by atoms with van der Waals surface area (Å²) in [7, 11) is 1.59. The highest BCUT2D eigenvalue weighted by Gasteiger charge is 2.29. The summed E-state index contributed by atoms with van der Waals surface area (Å²) in [4.78, 5) is 19.3. The van der Waals surface area contributed by atoms with Crippen molar-refractivity contribution in [2.45, 2.75) is 19.4 Å². The second-order valence-corrected chi connectivity index (χ2v) is 5.79. The Morgan fingerprint density at radius 1 is 1.22 bits per heavy atom. The Labute approximate surface area is 134 Å². The summed E-state index contributed by atoms with van der Waals surface area (Å²) >= 11 is 0. The summed E-state index contributed by atoms with van der Waals surface area (Å²) in [5, 5.41) is 0. The maximum absolute atomic E-state index is 13.1. The Morgan fingerprint density at radius 3 is 3.00 bits per heavy atom. The first-order valence-electron chi connectivity index (χ1n) is 7.82. The summed E-state index contributed by atoms with van der Waals surface area (Å²) in [6.45, 7) is 1.91. The number of anilines is 1. The van der Waals surface area contributed by atoms with E-state index in [2.05, 4.69) is 4.98 Å². The molecule has 0 fully saturated rings. The minimum atomic E-state index is 0.0169. The lowest BCUT2D eigenvalue weighted by molar-refractivity contribution is 0.0974. The molecule has 0 spiro atoms.